The van der Waals surface area contributed by atoms with Gasteiger partial charge in [0.2, 0.25) is 0 Å². The lowest BCUT2D eigenvalue weighted by atomic mass is 10.1. The first-order chi connectivity index (χ1) is 6.37. The summed E-state index contributed by atoms with van der Waals surface area (Å²) >= 11 is 0.758. The molecule has 0 saturated heterocycles. The van der Waals surface area contributed by atoms with Gasteiger partial charge in [0.05, 0.1) is 0 Å². The number of carbonyl (C=O) groups excluding carboxylic acids is 1. The minimum absolute atomic E-state index is 0.0681. The quantitative estimate of drug-likeness (QED) is 0.655. The highest BCUT2D eigenvalue weighted by Gasteiger charge is 2.32. The number of halogens is 4. The second-order valence-corrected chi connectivity index (χ2v) is 4.17. The van der Waals surface area contributed by atoms with Crippen molar-refractivity contribution in [3.05, 3.63) is 0 Å². The highest BCUT2D eigenvalue weighted by Crippen LogP contribution is 2.27. The fraction of sp³-hybridized carbons (Fsp3) is 0.875. The molecule has 0 heterocycles. The van der Waals surface area contributed by atoms with Gasteiger partial charge >= 0.3 is 0 Å². The Bertz CT molecular complexity index is 186. The second-order valence-electron chi connectivity index (χ2n) is 2.90. The van der Waals surface area contributed by atoms with E-state index < -0.39 is 31.6 Å². The van der Waals surface area contributed by atoms with Crippen LogP contribution in [0.4, 0.5) is 17.6 Å². The normalized spacial score (nSPS) is 14.1. The summed E-state index contributed by atoms with van der Waals surface area (Å²) in [7, 11) is 0. The van der Waals surface area contributed by atoms with Crippen LogP contribution in [0.2, 0.25) is 0 Å². The summed E-state index contributed by atoms with van der Waals surface area (Å²) in [6.45, 7) is -0.127. The second kappa shape index (κ2) is 6.27. The molecule has 84 valence electrons. The van der Waals surface area contributed by atoms with Gasteiger partial charge in [-0.15, -0.1) is 0 Å². The molecule has 0 fully saturated rings. The highest BCUT2D eigenvalue weighted by atomic mass is 32.2. The molecule has 0 bridgehead atoms. The predicted molar refractivity (Wildman–Crippen MR) is 48.2 cm³/mol. The SMILES string of the molecule is CC(=O)SCCC(F)(F)CC(F)CF. The van der Waals surface area contributed by atoms with E-state index in [0.29, 0.717) is 0 Å². The van der Waals surface area contributed by atoms with Crippen LogP contribution in [-0.2, 0) is 4.79 Å². The highest BCUT2D eigenvalue weighted by molar-refractivity contribution is 8.13. The number of carbonyl (C=O) groups is 1. The lowest BCUT2D eigenvalue weighted by Crippen LogP contribution is -2.23. The van der Waals surface area contributed by atoms with E-state index in [1.165, 1.54) is 6.92 Å². The third-order valence-electron chi connectivity index (χ3n) is 1.46. The van der Waals surface area contributed by atoms with E-state index in [4.69, 9.17) is 0 Å². The van der Waals surface area contributed by atoms with Gasteiger partial charge in [-0.1, -0.05) is 11.8 Å². The van der Waals surface area contributed by atoms with Gasteiger partial charge in [0, 0.05) is 25.5 Å². The van der Waals surface area contributed by atoms with Crippen molar-refractivity contribution >= 4 is 16.9 Å². The zero-order chi connectivity index (χ0) is 11.2. The number of hydrogen-bond donors (Lipinski definition) is 0. The Hall–Kier alpha value is -0.260. The zero-order valence-corrected chi connectivity index (χ0v) is 8.55. The van der Waals surface area contributed by atoms with Crippen molar-refractivity contribution in [3.63, 3.8) is 0 Å². The van der Waals surface area contributed by atoms with Crippen molar-refractivity contribution in [1.29, 1.82) is 0 Å². The third-order valence-corrected chi connectivity index (χ3v) is 2.28. The molecule has 1 nitrogen and oxygen atoms in total. The molecule has 0 radical (unpaired) electrons. The van der Waals surface area contributed by atoms with Crippen LogP contribution in [0.5, 0.6) is 0 Å². The molecule has 0 spiro atoms. The maximum Gasteiger partial charge on any atom is 0.251 e. The molecular formula is C8H12F4OS. The third kappa shape index (κ3) is 7.17. The van der Waals surface area contributed by atoms with E-state index >= 15 is 0 Å². The van der Waals surface area contributed by atoms with E-state index in [-0.39, 0.29) is 10.9 Å². The van der Waals surface area contributed by atoms with E-state index in [9.17, 15) is 22.4 Å². The van der Waals surface area contributed by atoms with Crippen molar-refractivity contribution < 1.29 is 22.4 Å². The Labute approximate surface area is 84.2 Å². The van der Waals surface area contributed by atoms with Gasteiger partial charge in [0.15, 0.2) is 5.12 Å². The minimum Gasteiger partial charge on any atom is -0.288 e. The Kier molecular flexibility index (Phi) is 6.15. The number of alkyl halides is 4. The lowest BCUT2D eigenvalue weighted by molar-refractivity contribution is -0.109. The van der Waals surface area contributed by atoms with Gasteiger partial charge in [0.1, 0.15) is 12.8 Å². The summed E-state index contributed by atoms with van der Waals surface area (Å²) in [6, 6.07) is 0. The molecule has 1 unspecified atom stereocenters. The van der Waals surface area contributed by atoms with Crippen LogP contribution >= 0.6 is 11.8 Å². The van der Waals surface area contributed by atoms with Crippen LogP contribution < -0.4 is 0 Å². The molecule has 0 aromatic rings. The standard InChI is InChI=1S/C8H12F4OS/c1-6(13)14-3-2-8(11,12)4-7(10)5-9/h7H,2-5H2,1H3. The molecule has 0 aromatic carbocycles. The molecule has 6 heteroatoms. The van der Waals surface area contributed by atoms with Gasteiger partial charge in [-0.3, -0.25) is 4.79 Å². The number of hydrogen-bond acceptors (Lipinski definition) is 2. The molecule has 0 rings (SSSR count). The fourth-order valence-electron chi connectivity index (χ4n) is 0.825. The maximum absolute atomic E-state index is 12.8. The van der Waals surface area contributed by atoms with E-state index in [1.807, 2.05) is 0 Å². The van der Waals surface area contributed by atoms with Crippen molar-refractivity contribution in [1.82, 2.24) is 0 Å². The largest absolute Gasteiger partial charge is 0.288 e. The first-order valence-corrected chi connectivity index (χ1v) is 5.07. The average molecular weight is 232 g/mol. The molecule has 0 amide bonds. The topological polar surface area (TPSA) is 17.1 Å². The van der Waals surface area contributed by atoms with Crippen molar-refractivity contribution in [2.75, 3.05) is 12.4 Å². The van der Waals surface area contributed by atoms with Gasteiger partial charge in [-0.25, -0.2) is 17.6 Å². The Morgan fingerprint density at radius 1 is 1.50 bits per heavy atom. The summed E-state index contributed by atoms with van der Waals surface area (Å²) < 4.78 is 49.4. The zero-order valence-electron chi connectivity index (χ0n) is 7.73. The molecule has 0 aromatic heterocycles. The van der Waals surface area contributed by atoms with Crippen molar-refractivity contribution in [2.45, 2.75) is 31.9 Å². The molecule has 0 aliphatic heterocycles. The Morgan fingerprint density at radius 3 is 2.50 bits per heavy atom. The fourth-order valence-corrected chi connectivity index (χ4v) is 1.51. The van der Waals surface area contributed by atoms with Crippen LogP contribution in [0.15, 0.2) is 0 Å². The summed E-state index contributed by atoms with van der Waals surface area (Å²) in [4.78, 5) is 10.4. The van der Waals surface area contributed by atoms with E-state index in [1.54, 1.807) is 0 Å². The van der Waals surface area contributed by atoms with Crippen LogP contribution in [0.3, 0.4) is 0 Å². The van der Waals surface area contributed by atoms with Gasteiger partial charge in [-0.2, -0.15) is 0 Å². The molecule has 0 saturated carbocycles. The van der Waals surface area contributed by atoms with E-state index in [0.717, 1.165) is 11.8 Å². The summed E-state index contributed by atoms with van der Waals surface area (Å²) in [5.74, 6) is -3.30. The van der Waals surface area contributed by atoms with E-state index in [2.05, 4.69) is 0 Å². The van der Waals surface area contributed by atoms with Crippen molar-refractivity contribution in [2.24, 2.45) is 0 Å². The van der Waals surface area contributed by atoms with Gasteiger partial charge in [-0.05, 0) is 0 Å². The van der Waals surface area contributed by atoms with Gasteiger partial charge in [0.25, 0.3) is 5.92 Å². The predicted octanol–water partition coefficient (Wildman–Crippen LogP) is 2.99. The molecule has 0 aliphatic rings. The summed E-state index contributed by atoms with van der Waals surface area (Å²) in [5, 5.41) is -0.261. The minimum atomic E-state index is -3.23. The van der Waals surface area contributed by atoms with Gasteiger partial charge < -0.3 is 0 Å². The van der Waals surface area contributed by atoms with Crippen LogP contribution in [0.1, 0.15) is 19.8 Å². The molecular weight excluding hydrogens is 220 g/mol. The summed E-state index contributed by atoms with van der Waals surface area (Å²) in [6.07, 6.45) is -3.83. The van der Waals surface area contributed by atoms with Crippen LogP contribution in [0, 0.1) is 0 Å². The van der Waals surface area contributed by atoms with Crippen molar-refractivity contribution in [3.8, 4) is 0 Å². The lowest BCUT2D eigenvalue weighted by Gasteiger charge is -2.16. The molecule has 0 N–H and O–H groups in total. The first-order valence-electron chi connectivity index (χ1n) is 4.08. The molecule has 0 aliphatic carbocycles. The molecule has 14 heavy (non-hydrogen) atoms. The summed E-state index contributed by atoms with van der Waals surface area (Å²) in [5.41, 5.74) is 0. The Balaban J connectivity index is 3.76. The maximum atomic E-state index is 12.8. The van der Waals surface area contributed by atoms with Crippen LogP contribution in [-0.4, -0.2) is 29.6 Å². The smallest absolute Gasteiger partial charge is 0.251 e. The average Bonchev–Trinajstić information content (AvgIpc) is 2.02. The number of thioether (sulfide) groups is 1. The molecule has 1 atom stereocenters. The Morgan fingerprint density at radius 2 is 2.07 bits per heavy atom. The monoisotopic (exact) mass is 232 g/mol. The first kappa shape index (κ1) is 13.7. The number of rotatable bonds is 6. The van der Waals surface area contributed by atoms with Crippen LogP contribution in [0.25, 0.3) is 0 Å².